The minimum Gasteiger partial charge on any atom is -0.466 e. The van der Waals surface area contributed by atoms with Gasteiger partial charge in [-0.2, -0.15) is 0 Å². The van der Waals surface area contributed by atoms with Crippen molar-refractivity contribution in [2.45, 2.75) is 58.8 Å². The van der Waals surface area contributed by atoms with Crippen LogP contribution in [0.2, 0.25) is 0 Å². The van der Waals surface area contributed by atoms with E-state index in [2.05, 4.69) is 13.5 Å². The lowest BCUT2D eigenvalue weighted by molar-refractivity contribution is -0.141. The second-order valence-electron chi connectivity index (χ2n) is 5.37. The highest BCUT2D eigenvalue weighted by atomic mass is 16.5. The number of ether oxygens (including phenoxy) is 1. The van der Waals surface area contributed by atoms with Crippen LogP contribution in [0.3, 0.4) is 0 Å². The zero-order valence-electron chi connectivity index (χ0n) is 11.3. The van der Waals surface area contributed by atoms with Crippen molar-refractivity contribution in [2.75, 3.05) is 6.61 Å². The highest BCUT2D eigenvalue weighted by molar-refractivity contribution is 5.65. The predicted octanol–water partition coefficient (Wildman–Crippen LogP) is 4.10. The molecule has 0 spiro atoms. The number of esters is 1. The molecule has 0 aromatic heterocycles. The summed E-state index contributed by atoms with van der Waals surface area (Å²) in [4.78, 5) is 10.8. The van der Waals surface area contributed by atoms with Crippen molar-refractivity contribution in [2.24, 2.45) is 11.3 Å². The number of carbonyl (C=O) groups is 1. The van der Waals surface area contributed by atoms with Gasteiger partial charge in [0.15, 0.2) is 0 Å². The molecule has 1 aliphatic carbocycles. The van der Waals surface area contributed by atoms with Crippen molar-refractivity contribution in [3.8, 4) is 0 Å². The van der Waals surface area contributed by atoms with Crippen LogP contribution >= 0.6 is 0 Å². The first-order valence-electron chi connectivity index (χ1n) is 6.89. The first-order chi connectivity index (χ1) is 8.14. The predicted molar refractivity (Wildman–Crippen MR) is 70.7 cm³/mol. The molecule has 0 bridgehead atoms. The van der Waals surface area contributed by atoms with E-state index in [1.807, 2.05) is 6.08 Å². The monoisotopic (exact) mass is 238 g/mol. The molecule has 1 rings (SSSR count). The summed E-state index contributed by atoms with van der Waals surface area (Å²) >= 11 is 0. The molecule has 1 aliphatic rings. The third-order valence-electron chi connectivity index (χ3n) is 3.93. The lowest BCUT2D eigenvalue weighted by Gasteiger charge is -2.15. The van der Waals surface area contributed by atoms with Crippen LogP contribution in [0.4, 0.5) is 0 Å². The highest BCUT2D eigenvalue weighted by Crippen LogP contribution is 2.58. The summed E-state index contributed by atoms with van der Waals surface area (Å²) in [6, 6.07) is 0. The fourth-order valence-corrected chi connectivity index (χ4v) is 2.73. The van der Waals surface area contributed by atoms with Gasteiger partial charge in [-0.3, -0.25) is 4.79 Å². The zero-order chi connectivity index (χ0) is 12.7. The van der Waals surface area contributed by atoms with E-state index < -0.39 is 0 Å². The Morgan fingerprint density at radius 1 is 1.47 bits per heavy atom. The number of unbranched alkanes of at least 4 members (excludes halogenated alkanes) is 3. The van der Waals surface area contributed by atoms with E-state index in [0.717, 1.165) is 6.42 Å². The third-order valence-corrected chi connectivity index (χ3v) is 3.93. The Bertz CT molecular complexity index is 260. The Hall–Kier alpha value is -0.790. The Morgan fingerprint density at radius 3 is 2.82 bits per heavy atom. The fourth-order valence-electron chi connectivity index (χ4n) is 2.73. The van der Waals surface area contributed by atoms with Crippen molar-refractivity contribution in [3.05, 3.63) is 12.7 Å². The molecule has 0 aromatic carbocycles. The lowest BCUT2D eigenvalue weighted by atomic mass is 9.92. The molecule has 0 aromatic rings. The van der Waals surface area contributed by atoms with E-state index in [-0.39, 0.29) is 5.97 Å². The summed E-state index contributed by atoms with van der Waals surface area (Å²) in [5.41, 5.74) is 0.408. The molecule has 0 N–H and O–H groups in total. The van der Waals surface area contributed by atoms with E-state index in [0.29, 0.717) is 17.9 Å². The van der Waals surface area contributed by atoms with Gasteiger partial charge in [-0.05, 0) is 30.6 Å². The average molecular weight is 238 g/mol. The van der Waals surface area contributed by atoms with Crippen molar-refractivity contribution >= 4 is 5.97 Å². The summed E-state index contributed by atoms with van der Waals surface area (Å²) in [7, 11) is 0. The molecule has 1 fully saturated rings. The van der Waals surface area contributed by atoms with E-state index >= 15 is 0 Å². The van der Waals surface area contributed by atoms with Crippen LogP contribution in [0.1, 0.15) is 58.8 Å². The summed E-state index contributed by atoms with van der Waals surface area (Å²) < 4.78 is 5.12. The Kier molecular flexibility index (Phi) is 5.73. The molecule has 0 heterocycles. The van der Waals surface area contributed by atoms with Crippen molar-refractivity contribution < 1.29 is 9.53 Å². The molecular weight excluding hydrogens is 212 g/mol. The van der Waals surface area contributed by atoms with Gasteiger partial charge in [-0.15, -0.1) is 6.58 Å². The van der Waals surface area contributed by atoms with Gasteiger partial charge in [0, 0.05) is 6.92 Å². The van der Waals surface area contributed by atoms with Gasteiger partial charge < -0.3 is 4.74 Å². The van der Waals surface area contributed by atoms with Gasteiger partial charge >= 0.3 is 5.97 Å². The number of hydrogen-bond acceptors (Lipinski definition) is 2. The zero-order valence-corrected chi connectivity index (χ0v) is 11.3. The minimum absolute atomic E-state index is 0.157. The maximum Gasteiger partial charge on any atom is 0.302 e. The third kappa shape index (κ3) is 4.53. The van der Waals surface area contributed by atoms with Crippen LogP contribution in [0.25, 0.3) is 0 Å². The number of rotatable bonds is 9. The van der Waals surface area contributed by atoms with E-state index in [9.17, 15) is 4.79 Å². The summed E-state index contributed by atoms with van der Waals surface area (Å²) in [6.07, 6.45) is 10.8. The number of carbonyl (C=O) groups excluding carboxylic acids is 1. The van der Waals surface area contributed by atoms with Crippen molar-refractivity contribution in [1.29, 1.82) is 0 Å². The second kappa shape index (κ2) is 6.83. The van der Waals surface area contributed by atoms with E-state index in [4.69, 9.17) is 4.74 Å². The van der Waals surface area contributed by atoms with E-state index in [1.54, 1.807) is 0 Å². The highest BCUT2D eigenvalue weighted by Gasteiger charge is 2.52. The molecule has 0 unspecified atom stereocenters. The van der Waals surface area contributed by atoms with Gasteiger partial charge in [0.1, 0.15) is 0 Å². The molecule has 2 nitrogen and oxygen atoms in total. The van der Waals surface area contributed by atoms with Gasteiger partial charge in [0.2, 0.25) is 0 Å². The molecule has 17 heavy (non-hydrogen) atoms. The molecular formula is C15H26O2. The molecule has 2 heteroatoms. The van der Waals surface area contributed by atoms with Gasteiger partial charge in [-0.25, -0.2) is 0 Å². The smallest absolute Gasteiger partial charge is 0.302 e. The Morgan fingerprint density at radius 2 is 2.24 bits per heavy atom. The Balaban J connectivity index is 2.28. The van der Waals surface area contributed by atoms with Gasteiger partial charge in [0.05, 0.1) is 6.61 Å². The normalized spacial score (nSPS) is 26.6. The fraction of sp³-hybridized carbons (Fsp3) is 0.800. The summed E-state index contributed by atoms with van der Waals surface area (Å²) in [6.45, 7) is 8.18. The molecule has 0 amide bonds. The van der Waals surface area contributed by atoms with Gasteiger partial charge in [-0.1, -0.05) is 38.7 Å². The molecule has 2 atom stereocenters. The SMILES string of the molecule is C=CC[C@@]1(CCCCCC)C[C@@H]1COC(C)=O. The molecule has 1 saturated carbocycles. The van der Waals surface area contributed by atoms with Crippen LogP contribution in [0, 0.1) is 11.3 Å². The Labute approximate surface area is 105 Å². The standard InChI is InChI=1S/C15H26O2/c1-4-6-7-8-10-15(9-5-2)11-14(15)12-17-13(3)16/h5,14H,2,4,6-12H2,1,3H3/t14-,15-/m1/s1. The van der Waals surface area contributed by atoms with Crippen molar-refractivity contribution in [3.63, 3.8) is 0 Å². The number of allylic oxidation sites excluding steroid dienone is 1. The average Bonchev–Trinajstić information content (AvgIpc) is 2.96. The topological polar surface area (TPSA) is 26.3 Å². The lowest BCUT2D eigenvalue weighted by Crippen LogP contribution is -2.10. The van der Waals surface area contributed by atoms with Crippen LogP contribution < -0.4 is 0 Å². The first-order valence-corrected chi connectivity index (χ1v) is 6.89. The maximum absolute atomic E-state index is 10.8. The number of hydrogen-bond donors (Lipinski definition) is 0. The molecule has 0 saturated heterocycles. The summed E-state index contributed by atoms with van der Waals surface area (Å²) in [5, 5.41) is 0. The van der Waals surface area contributed by atoms with E-state index in [1.165, 1.54) is 45.4 Å². The van der Waals surface area contributed by atoms with Crippen LogP contribution in [-0.2, 0) is 9.53 Å². The quantitative estimate of drug-likeness (QED) is 0.343. The largest absolute Gasteiger partial charge is 0.466 e. The first kappa shape index (κ1) is 14.3. The molecule has 0 aliphatic heterocycles. The van der Waals surface area contributed by atoms with Crippen LogP contribution in [-0.4, -0.2) is 12.6 Å². The minimum atomic E-state index is -0.157. The molecule has 0 radical (unpaired) electrons. The van der Waals surface area contributed by atoms with Gasteiger partial charge in [0.25, 0.3) is 0 Å². The maximum atomic E-state index is 10.8. The molecule has 98 valence electrons. The summed E-state index contributed by atoms with van der Waals surface area (Å²) in [5.74, 6) is 0.418. The second-order valence-corrected chi connectivity index (χ2v) is 5.37. The van der Waals surface area contributed by atoms with Crippen LogP contribution in [0.15, 0.2) is 12.7 Å². The van der Waals surface area contributed by atoms with Crippen molar-refractivity contribution in [1.82, 2.24) is 0 Å². The van der Waals surface area contributed by atoms with Crippen LogP contribution in [0.5, 0.6) is 0 Å².